The summed E-state index contributed by atoms with van der Waals surface area (Å²) < 4.78 is 5.23. The summed E-state index contributed by atoms with van der Waals surface area (Å²) in [5.74, 6) is 0.701. The molecule has 2 aliphatic rings. The van der Waals surface area contributed by atoms with Gasteiger partial charge in [-0.15, -0.1) is 0 Å². The van der Waals surface area contributed by atoms with Crippen molar-refractivity contribution in [1.82, 2.24) is 0 Å². The number of methoxy groups -OCH3 is 1. The van der Waals surface area contributed by atoms with Gasteiger partial charge in [0, 0.05) is 5.69 Å². The largest absolute Gasteiger partial charge is 0.497 e. The highest BCUT2D eigenvalue weighted by atomic mass is 16.5. The summed E-state index contributed by atoms with van der Waals surface area (Å²) in [5, 5.41) is 2.84. The number of nitrogens with zero attached hydrogens (tertiary/aromatic N) is 2. The molecule has 152 valence electrons. The van der Waals surface area contributed by atoms with E-state index in [1.165, 1.54) is 10.6 Å². The van der Waals surface area contributed by atoms with E-state index in [0.717, 1.165) is 37.6 Å². The molecule has 0 unspecified atom stereocenters. The van der Waals surface area contributed by atoms with Crippen LogP contribution >= 0.6 is 0 Å². The number of fused-ring (bicyclic) bond motifs is 1. The van der Waals surface area contributed by atoms with Crippen LogP contribution < -0.4 is 24.8 Å². The highest BCUT2D eigenvalue weighted by Gasteiger charge is 2.35. The van der Waals surface area contributed by atoms with Crippen LogP contribution in [0.2, 0.25) is 0 Å². The lowest BCUT2D eigenvalue weighted by atomic mass is 10.1. The molecule has 2 heterocycles. The maximum absolute atomic E-state index is 13.2. The van der Waals surface area contributed by atoms with Gasteiger partial charge < -0.3 is 19.9 Å². The molecule has 0 spiro atoms. The highest BCUT2D eigenvalue weighted by Crippen LogP contribution is 2.29. The summed E-state index contributed by atoms with van der Waals surface area (Å²) in [6, 6.07) is 15.4. The Morgan fingerprint density at radius 1 is 1.10 bits per heavy atom. The topological polar surface area (TPSA) is 66.3 Å². The van der Waals surface area contributed by atoms with Crippen molar-refractivity contribution in [1.29, 1.82) is 0 Å². The Kier molecular flexibility index (Phi) is 5.40. The third-order valence-corrected chi connectivity index (χ3v) is 5.86. The lowest BCUT2D eigenvalue weighted by Crippen LogP contribution is -3.19. The number of para-hydroxylation sites is 2. The van der Waals surface area contributed by atoms with Crippen LogP contribution in [0.5, 0.6) is 5.75 Å². The van der Waals surface area contributed by atoms with Gasteiger partial charge in [0.2, 0.25) is 5.91 Å². The average molecular weight is 395 g/mol. The molecule has 0 aliphatic carbocycles. The summed E-state index contributed by atoms with van der Waals surface area (Å²) in [5.41, 5.74) is 2.65. The first-order chi connectivity index (χ1) is 14.1. The zero-order valence-corrected chi connectivity index (χ0v) is 16.9. The van der Waals surface area contributed by atoms with E-state index in [9.17, 15) is 9.59 Å². The van der Waals surface area contributed by atoms with Gasteiger partial charge in [-0.25, -0.2) is 0 Å². The maximum atomic E-state index is 13.2. The van der Waals surface area contributed by atoms with Crippen LogP contribution in [0.25, 0.3) is 0 Å². The lowest BCUT2D eigenvalue weighted by molar-refractivity contribution is -0.914. The number of quaternary nitrogens is 1. The number of amides is 2. The molecule has 29 heavy (non-hydrogen) atoms. The second-order valence-corrected chi connectivity index (χ2v) is 7.55. The minimum Gasteiger partial charge on any atom is -0.497 e. The highest BCUT2D eigenvalue weighted by molar-refractivity contribution is 6.10. The first kappa shape index (κ1) is 19.3. The minimum atomic E-state index is -0.202. The molecule has 0 radical (unpaired) electrons. The number of ether oxygens (including phenoxy) is 1. The third kappa shape index (κ3) is 3.91. The zero-order chi connectivity index (χ0) is 20.4. The van der Waals surface area contributed by atoms with Gasteiger partial charge in [-0.05, 0) is 43.3 Å². The van der Waals surface area contributed by atoms with Gasteiger partial charge in [-0.3, -0.25) is 14.5 Å². The number of anilines is 3. The second-order valence-electron chi connectivity index (χ2n) is 7.55. The molecule has 0 saturated carbocycles. The van der Waals surface area contributed by atoms with Crippen molar-refractivity contribution in [3.63, 3.8) is 0 Å². The number of nitrogens with one attached hydrogen (secondary N) is 2. The number of piperazine rings is 1. The molecule has 1 atom stereocenters. The molecule has 2 aromatic rings. The number of hydrogen-bond acceptors (Lipinski definition) is 4. The van der Waals surface area contributed by atoms with Crippen LogP contribution in [0, 0.1) is 0 Å². The number of benzene rings is 2. The van der Waals surface area contributed by atoms with Crippen molar-refractivity contribution < 1.29 is 19.2 Å². The van der Waals surface area contributed by atoms with Crippen molar-refractivity contribution >= 4 is 28.9 Å². The summed E-state index contributed by atoms with van der Waals surface area (Å²) in [4.78, 5) is 30.5. The molecule has 0 aromatic heterocycles. The van der Waals surface area contributed by atoms with Gasteiger partial charge in [0.25, 0.3) is 5.91 Å². The van der Waals surface area contributed by atoms with Crippen molar-refractivity contribution in [2.24, 2.45) is 0 Å². The quantitative estimate of drug-likeness (QED) is 0.803. The Morgan fingerprint density at radius 2 is 1.79 bits per heavy atom. The lowest BCUT2D eigenvalue weighted by Gasteiger charge is -2.38. The molecule has 1 fully saturated rings. The number of carbonyl (C=O) groups is 2. The molecule has 2 amide bonds. The Morgan fingerprint density at radius 3 is 2.48 bits per heavy atom. The molecule has 7 nitrogen and oxygen atoms in total. The third-order valence-electron chi connectivity index (χ3n) is 5.86. The first-order valence-corrected chi connectivity index (χ1v) is 10.0. The normalized spacial score (nSPS) is 18.1. The van der Waals surface area contributed by atoms with Crippen LogP contribution in [0.4, 0.5) is 17.1 Å². The van der Waals surface area contributed by atoms with E-state index in [-0.39, 0.29) is 24.4 Å². The fraction of sp³-hybridized carbons (Fsp3) is 0.364. The van der Waals surface area contributed by atoms with Crippen molar-refractivity contribution in [3.05, 3.63) is 48.5 Å². The van der Waals surface area contributed by atoms with Gasteiger partial charge in [0.1, 0.15) is 12.3 Å². The van der Waals surface area contributed by atoms with E-state index in [2.05, 4.69) is 22.3 Å². The van der Waals surface area contributed by atoms with E-state index in [1.54, 1.807) is 12.0 Å². The van der Waals surface area contributed by atoms with Crippen LogP contribution in [-0.2, 0) is 9.59 Å². The molecule has 0 bridgehead atoms. The van der Waals surface area contributed by atoms with Crippen molar-refractivity contribution in [2.45, 2.75) is 13.0 Å². The Hall–Kier alpha value is -3.06. The number of carbonyl (C=O) groups excluding carboxylic acids is 2. The second kappa shape index (κ2) is 8.13. The fourth-order valence-electron chi connectivity index (χ4n) is 4.12. The molecule has 2 aliphatic heterocycles. The molecule has 4 rings (SSSR count). The Labute approximate surface area is 170 Å². The van der Waals surface area contributed by atoms with E-state index < -0.39 is 0 Å². The maximum Gasteiger partial charge on any atom is 0.285 e. The Balaban J connectivity index is 1.41. The molecule has 2 N–H and O–H groups in total. The van der Waals surface area contributed by atoms with Gasteiger partial charge in [0.05, 0.1) is 44.7 Å². The average Bonchev–Trinajstić information content (AvgIpc) is 2.77. The molecule has 7 heteroatoms. The number of hydrogen-bond donors (Lipinski definition) is 2. The molecular weight excluding hydrogens is 368 g/mol. The SMILES string of the molecule is COc1ccc(N2CC[NH+]([C@H](C)C(=O)N3CC(=O)Nc4ccccc43)CC2)cc1. The number of rotatable bonds is 4. The molecule has 2 aromatic carbocycles. The minimum absolute atomic E-state index is 0.000183. The predicted molar refractivity (Wildman–Crippen MR) is 113 cm³/mol. The van der Waals surface area contributed by atoms with Crippen LogP contribution in [0.3, 0.4) is 0 Å². The predicted octanol–water partition coefficient (Wildman–Crippen LogP) is 0.774. The van der Waals surface area contributed by atoms with E-state index in [0.29, 0.717) is 5.69 Å². The van der Waals surface area contributed by atoms with Gasteiger partial charge in [0.15, 0.2) is 6.04 Å². The van der Waals surface area contributed by atoms with Gasteiger partial charge in [-0.1, -0.05) is 12.1 Å². The first-order valence-electron chi connectivity index (χ1n) is 10.0. The van der Waals surface area contributed by atoms with Gasteiger partial charge in [-0.2, -0.15) is 0 Å². The van der Waals surface area contributed by atoms with Crippen LogP contribution in [0.15, 0.2) is 48.5 Å². The van der Waals surface area contributed by atoms with Crippen molar-refractivity contribution in [2.75, 3.05) is 55.0 Å². The standard InChI is InChI=1S/C22H26N4O3/c1-16(22(28)26-15-21(27)23-19-5-3-4-6-20(19)26)24-11-13-25(14-12-24)17-7-9-18(29-2)10-8-17/h3-10,16H,11-15H2,1-2H3,(H,23,27)/p+1/t16-/m1/s1. The van der Waals surface area contributed by atoms with Crippen LogP contribution in [-0.4, -0.2) is 57.7 Å². The zero-order valence-electron chi connectivity index (χ0n) is 16.9. The van der Waals surface area contributed by atoms with Gasteiger partial charge >= 0.3 is 0 Å². The van der Waals surface area contributed by atoms with Crippen molar-refractivity contribution in [3.8, 4) is 5.75 Å². The van der Waals surface area contributed by atoms with E-state index >= 15 is 0 Å². The van der Waals surface area contributed by atoms with E-state index in [4.69, 9.17) is 4.74 Å². The molecule has 1 saturated heterocycles. The monoisotopic (exact) mass is 395 g/mol. The summed E-state index contributed by atoms with van der Waals surface area (Å²) in [7, 11) is 1.67. The molecular formula is C22H27N4O3+. The fourth-order valence-corrected chi connectivity index (χ4v) is 4.12. The summed E-state index contributed by atoms with van der Waals surface area (Å²) in [6.45, 7) is 5.56. The summed E-state index contributed by atoms with van der Waals surface area (Å²) >= 11 is 0. The van der Waals surface area contributed by atoms with E-state index in [1.807, 2.05) is 43.3 Å². The summed E-state index contributed by atoms with van der Waals surface area (Å²) in [6.07, 6.45) is 0. The smallest absolute Gasteiger partial charge is 0.285 e. The Bertz CT molecular complexity index is 891. The van der Waals surface area contributed by atoms with Crippen LogP contribution in [0.1, 0.15) is 6.92 Å².